The molecule has 0 spiro atoms. The molecule has 82 valence electrons. The third kappa shape index (κ3) is 2.93. The van der Waals surface area contributed by atoms with Crippen LogP contribution in [0.3, 0.4) is 0 Å². The van der Waals surface area contributed by atoms with E-state index in [1.165, 1.54) is 11.9 Å². The smallest absolute Gasteiger partial charge is 0.305 e. The minimum Gasteiger partial charge on any atom is -0.481 e. The van der Waals surface area contributed by atoms with Crippen LogP contribution in [0.2, 0.25) is 0 Å². The van der Waals surface area contributed by atoms with Gasteiger partial charge in [-0.2, -0.15) is 4.98 Å². The molecule has 0 fully saturated rings. The van der Waals surface area contributed by atoms with Gasteiger partial charge in [0.15, 0.2) is 0 Å². The second kappa shape index (κ2) is 4.40. The Bertz CT molecular complexity index is 374. The monoisotopic (exact) mass is 213 g/mol. The van der Waals surface area contributed by atoms with Crippen molar-refractivity contribution >= 4 is 17.8 Å². The topological polar surface area (TPSA) is 125 Å². The molecule has 0 aromatic carbocycles. The number of aromatic nitrogens is 3. The van der Waals surface area contributed by atoms with Crippen molar-refractivity contribution in [3.8, 4) is 0 Å². The minimum atomic E-state index is -0.966. The molecule has 0 bridgehead atoms. The van der Waals surface area contributed by atoms with Crippen molar-refractivity contribution in [2.75, 3.05) is 19.3 Å². The van der Waals surface area contributed by atoms with E-state index in [0.29, 0.717) is 0 Å². The van der Waals surface area contributed by atoms with Crippen LogP contribution in [0.25, 0.3) is 0 Å². The van der Waals surface area contributed by atoms with E-state index in [0.717, 1.165) is 0 Å². The number of aromatic amines is 1. The second-order valence-corrected chi connectivity index (χ2v) is 2.91. The molecule has 0 aliphatic carbocycles. The number of nitrogen functional groups attached to an aromatic ring is 1. The Labute approximate surface area is 85.1 Å². The number of aliphatic carboxylic acids is 1. The largest absolute Gasteiger partial charge is 0.481 e. The van der Waals surface area contributed by atoms with E-state index in [4.69, 9.17) is 10.8 Å². The molecule has 0 radical (unpaired) electrons. The van der Waals surface area contributed by atoms with Gasteiger partial charge in [0, 0.05) is 13.6 Å². The molecule has 0 saturated heterocycles. The second-order valence-electron chi connectivity index (χ2n) is 2.91. The summed E-state index contributed by atoms with van der Waals surface area (Å²) in [5.41, 5.74) is 5.22. The fraction of sp³-hybridized carbons (Fsp3) is 0.429. The fourth-order valence-electron chi connectivity index (χ4n) is 0.916. The zero-order valence-electron chi connectivity index (χ0n) is 8.10. The molecule has 0 atom stereocenters. The lowest BCUT2D eigenvalue weighted by molar-refractivity contribution is -0.137. The van der Waals surface area contributed by atoms with Crippen molar-refractivity contribution in [3.63, 3.8) is 0 Å². The van der Waals surface area contributed by atoms with Gasteiger partial charge >= 0.3 is 5.97 Å². The average molecular weight is 213 g/mol. The van der Waals surface area contributed by atoms with Gasteiger partial charge in [-0.15, -0.1) is 5.10 Å². The van der Waals surface area contributed by atoms with Crippen LogP contribution in [0.5, 0.6) is 0 Å². The Kier molecular flexibility index (Phi) is 3.21. The predicted octanol–water partition coefficient (Wildman–Crippen LogP) is -1.07. The number of carbonyl (C=O) groups excluding carboxylic acids is 1. The van der Waals surface area contributed by atoms with Crippen LogP contribution < -0.4 is 5.73 Å². The number of H-pyrrole nitrogens is 1. The van der Waals surface area contributed by atoms with Gasteiger partial charge in [0.05, 0.1) is 6.42 Å². The standard InChI is InChI=1S/C7H11N5O3/c1-12(3-2-4(13)14)6(15)5-9-7(8)11-10-5/h2-3H2,1H3,(H,13,14)(H3,8,9,10,11). The summed E-state index contributed by atoms with van der Waals surface area (Å²) in [6, 6.07) is 0. The molecule has 15 heavy (non-hydrogen) atoms. The van der Waals surface area contributed by atoms with Gasteiger partial charge in [0.2, 0.25) is 11.8 Å². The number of rotatable bonds is 4. The van der Waals surface area contributed by atoms with Crippen molar-refractivity contribution in [2.45, 2.75) is 6.42 Å². The molecule has 1 aromatic rings. The highest BCUT2D eigenvalue weighted by Gasteiger charge is 2.16. The van der Waals surface area contributed by atoms with Crippen LogP contribution >= 0.6 is 0 Å². The number of nitrogens with two attached hydrogens (primary N) is 1. The molecule has 8 nitrogen and oxygen atoms in total. The number of nitrogens with one attached hydrogen (secondary N) is 1. The van der Waals surface area contributed by atoms with Gasteiger partial charge in [-0.3, -0.25) is 14.7 Å². The van der Waals surface area contributed by atoms with E-state index < -0.39 is 11.9 Å². The third-order valence-electron chi connectivity index (χ3n) is 1.71. The number of carboxylic acids is 1. The normalized spacial score (nSPS) is 9.93. The maximum Gasteiger partial charge on any atom is 0.305 e. The molecule has 0 saturated carbocycles. The predicted molar refractivity (Wildman–Crippen MR) is 50.0 cm³/mol. The quantitative estimate of drug-likeness (QED) is 0.585. The summed E-state index contributed by atoms with van der Waals surface area (Å²) in [5, 5.41) is 14.3. The first-order valence-corrected chi connectivity index (χ1v) is 4.16. The molecule has 0 aliphatic rings. The summed E-state index contributed by atoms with van der Waals surface area (Å²) < 4.78 is 0. The molecule has 8 heteroatoms. The van der Waals surface area contributed by atoms with Crippen LogP contribution in [0.1, 0.15) is 17.0 Å². The van der Waals surface area contributed by atoms with Crippen molar-refractivity contribution in [1.29, 1.82) is 0 Å². The first kappa shape index (κ1) is 11.0. The number of amides is 1. The summed E-state index contributed by atoms with van der Waals surface area (Å²) in [6.45, 7) is 0.106. The SMILES string of the molecule is CN(CCC(=O)O)C(=O)c1nc(N)n[nH]1. The van der Waals surface area contributed by atoms with Gasteiger partial charge in [-0.1, -0.05) is 0 Å². The van der Waals surface area contributed by atoms with Crippen molar-refractivity contribution < 1.29 is 14.7 Å². The first-order valence-electron chi connectivity index (χ1n) is 4.16. The van der Waals surface area contributed by atoms with E-state index in [1.54, 1.807) is 0 Å². The molecule has 1 amide bonds. The van der Waals surface area contributed by atoms with Crippen molar-refractivity contribution in [3.05, 3.63) is 5.82 Å². The Morgan fingerprint density at radius 1 is 1.60 bits per heavy atom. The Morgan fingerprint density at radius 2 is 2.27 bits per heavy atom. The van der Waals surface area contributed by atoms with Gasteiger partial charge < -0.3 is 15.7 Å². The lowest BCUT2D eigenvalue weighted by Crippen LogP contribution is -2.29. The molecule has 0 aliphatic heterocycles. The molecular weight excluding hydrogens is 202 g/mol. The van der Waals surface area contributed by atoms with Gasteiger partial charge in [0.1, 0.15) is 0 Å². The van der Waals surface area contributed by atoms with Crippen LogP contribution in [0.15, 0.2) is 0 Å². The zero-order valence-corrected chi connectivity index (χ0v) is 8.10. The maximum atomic E-state index is 11.5. The lowest BCUT2D eigenvalue weighted by atomic mass is 10.4. The van der Waals surface area contributed by atoms with Crippen LogP contribution in [0, 0.1) is 0 Å². The van der Waals surface area contributed by atoms with E-state index in [-0.39, 0.29) is 24.7 Å². The highest BCUT2D eigenvalue weighted by atomic mass is 16.4. The summed E-state index contributed by atoms with van der Waals surface area (Å²) in [4.78, 5) is 26.6. The number of carboxylic acid groups (broad SMARTS) is 1. The van der Waals surface area contributed by atoms with Crippen molar-refractivity contribution in [2.24, 2.45) is 0 Å². The van der Waals surface area contributed by atoms with Crippen LogP contribution in [0.4, 0.5) is 5.95 Å². The number of hydrogen-bond acceptors (Lipinski definition) is 5. The van der Waals surface area contributed by atoms with E-state index in [2.05, 4.69) is 15.2 Å². The number of hydrogen-bond donors (Lipinski definition) is 3. The van der Waals surface area contributed by atoms with Crippen LogP contribution in [-0.4, -0.2) is 50.7 Å². The summed E-state index contributed by atoms with van der Waals surface area (Å²) in [6.07, 6.45) is -0.119. The molecule has 1 aromatic heterocycles. The van der Waals surface area contributed by atoms with Crippen LogP contribution in [-0.2, 0) is 4.79 Å². The highest BCUT2D eigenvalue weighted by molar-refractivity contribution is 5.90. The lowest BCUT2D eigenvalue weighted by Gasteiger charge is -2.13. The number of nitrogens with zero attached hydrogens (tertiary/aromatic N) is 3. The molecular formula is C7H11N5O3. The number of anilines is 1. The molecule has 4 N–H and O–H groups in total. The Hall–Kier alpha value is -2.12. The average Bonchev–Trinajstić information content (AvgIpc) is 2.60. The molecule has 1 rings (SSSR count). The minimum absolute atomic E-state index is 0.000360. The fourth-order valence-corrected chi connectivity index (χ4v) is 0.916. The summed E-state index contributed by atoms with van der Waals surface area (Å²) in [7, 11) is 1.48. The zero-order chi connectivity index (χ0) is 11.4. The van der Waals surface area contributed by atoms with Gasteiger partial charge in [-0.05, 0) is 0 Å². The van der Waals surface area contributed by atoms with E-state index >= 15 is 0 Å². The molecule has 0 unspecified atom stereocenters. The van der Waals surface area contributed by atoms with Gasteiger partial charge in [0.25, 0.3) is 5.91 Å². The van der Waals surface area contributed by atoms with E-state index in [9.17, 15) is 9.59 Å². The Balaban J connectivity index is 2.57. The highest BCUT2D eigenvalue weighted by Crippen LogP contribution is 1.99. The molecule has 1 heterocycles. The van der Waals surface area contributed by atoms with E-state index in [1.807, 2.05) is 0 Å². The first-order chi connectivity index (χ1) is 7.00. The maximum absolute atomic E-state index is 11.5. The Morgan fingerprint density at radius 3 is 2.73 bits per heavy atom. The number of carbonyl (C=O) groups is 2. The van der Waals surface area contributed by atoms with Crippen molar-refractivity contribution in [1.82, 2.24) is 20.1 Å². The third-order valence-corrected chi connectivity index (χ3v) is 1.71. The summed E-state index contributed by atoms with van der Waals surface area (Å²) >= 11 is 0. The summed E-state index contributed by atoms with van der Waals surface area (Å²) in [5.74, 6) is -1.43. The van der Waals surface area contributed by atoms with Gasteiger partial charge in [-0.25, -0.2) is 0 Å².